The van der Waals surface area contributed by atoms with Crippen molar-refractivity contribution >= 4 is 0 Å². The minimum atomic E-state index is -0.599. The maximum atomic E-state index is 9.69. The van der Waals surface area contributed by atoms with Gasteiger partial charge in [0.05, 0.1) is 25.4 Å². The van der Waals surface area contributed by atoms with Gasteiger partial charge < -0.3 is 20.1 Å². The molecule has 0 bridgehead atoms. The summed E-state index contributed by atoms with van der Waals surface area (Å²) in [5.74, 6) is 0.872. The number of aliphatic hydroxyl groups is 3. The number of ether oxygens (including phenoxy) is 1. The Kier molecular flexibility index (Phi) is 8.29. The van der Waals surface area contributed by atoms with E-state index in [-0.39, 0.29) is 13.2 Å². The first-order valence-corrected chi connectivity index (χ1v) is 9.68. The molecule has 0 fully saturated rings. The van der Waals surface area contributed by atoms with Crippen LogP contribution in [0.15, 0.2) is 42.5 Å². The van der Waals surface area contributed by atoms with E-state index >= 15 is 0 Å². The van der Waals surface area contributed by atoms with Gasteiger partial charge in [-0.1, -0.05) is 30.3 Å². The summed E-state index contributed by atoms with van der Waals surface area (Å²) in [5.41, 5.74) is 3.37. The van der Waals surface area contributed by atoms with Crippen molar-refractivity contribution in [3.63, 3.8) is 0 Å². The lowest BCUT2D eigenvalue weighted by Gasteiger charge is -2.16. The van der Waals surface area contributed by atoms with Crippen LogP contribution in [0, 0.1) is 0 Å². The predicted molar refractivity (Wildman–Crippen MR) is 108 cm³/mol. The molecule has 4 heteroatoms. The first-order chi connectivity index (χ1) is 12.9. The van der Waals surface area contributed by atoms with Gasteiger partial charge in [-0.15, -0.1) is 0 Å². The van der Waals surface area contributed by atoms with Crippen LogP contribution >= 0.6 is 0 Å². The summed E-state index contributed by atoms with van der Waals surface area (Å²) < 4.78 is 5.76. The molecule has 3 N–H and O–H groups in total. The average Bonchev–Trinajstić information content (AvgIpc) is 2.66. The second-order valence-corrected chi connectivity index (χ2v) is 7.68. The molecule has 0 aromatic heterocycles. The second kappa shape index (κ2) is 10.5. The predicted octanol–water partition coefficient (Wildman–Crippen LogP) is 3.78. The van der Waals surface area contributed by atoms with E-state index in [0.717, 1.165) is 54.5 Å². The molecule has 0 heterocycles. The number of aryl methyl sites for hydroxylation is 2. The number of hydrogen-bond acceptors (Lipinski definition) is 4. The number of unbranched alkanes of at least 4 members (excludes halogenated alkanes) is 1. The quantitative estimate of drug-likeness (QED) is 0.525. The maximum Gasteiger partial charge on any atom is 0.119 e. The third-order valence-corrected chi connectivity index (χ3v) is 4.69. The molecule has 0 unspecified atom stereocenters. The van der Waals surface area contributed by atoms with Crippen molar-refractivity contribution in [1.82, 2.24) is 0 Å². The molecule has 0 atom stereocenters. The van der Waals surface area contributed by atoms with E-state index in [2.05, 4.69) is 12.1 Å². The van der Waals surface area contributed by atoms with Crippen LogP contribution in [0.1, 0.15) is 55.4 Å². The van der Waals surface area contributed by atoms with Crippen molar-refractivity contribution in [3.8, 4) is 5.75 Å². The second-order valence-electron chi connectivity index (χ2n) is 7.68. The highest BCUT2D eigenvalue weighted by atomic mass is 16.5. The molecule has 0 radical (unpaired) electrons. The summed E-state index contributed by atoms with van der Waals surface area (Å²) in [7, 11) is 0. The zero-order chi connectivity index (χ0) is 19.7. The van der Waals surface area contributed by atoms with Crippen molar-refractivity contribution in [2.45, 2.75) is 64.8 Å². The largest absolute Gasteiger partial charge is 0.494 e. The van der Waals surface area contributed by atoms with Crippen molar-refractivity contribution in [1.29, 1.82) is 0 Å². The highest BCUT2D eigenvalue weighted by Gasteiger charge is 2.11. The Labute approximate surface area is 162 Å². The fourth-order valence-corrected chi connectivity index (χ4v) is 3.03. The van der Waals surface area contributed by atoms with E-state index in [1.807, 2.05) is 44.2 Å². The first-order valence-electron chi connectivity index (χ1n) is 9.68. The number of hydrogen-bond donors (Lipinski definition) is 3. The van der Waals surface area contributed by atoms with E-state index in [0.29, 0.717) is 6.61 Å². The summed E-state index contributed by atoms with van der Waals surface area (Å²) in [6, 6.07) is 14.0. The standard InChI is InChI=1S/C23H32O4/c1-23(2,26)13-3-4-14-27-22-11-8-18(9-12-22)5-6-19-7-10-20(16-24)21(15-19)17-25/h7-12,15,24-26H,3-6,13-14,16-17H2,1-2H3. The van der Waals surface area contributed by atoms with Gasteiger partial charge in [-0.3, -0.25) is 0 Å². The molecule has 0 saturated carbocycles. The lowest BCUT2D eigenvalue weighted by molar-refractivity contribution is 0.0670. The van der Waals surface area contributed by atoms with Gasteiger partial charge >= 0.3 is 0 Å². The zero-order valence-corrected chi connectivity index (χ0v) is 16.4. The minimum Gasteiger partial charge on any atom is -0.494 e. The van der Waals surface area contributed by atoms with E-state index in [9.17, 15) is 15.3 Å². The highest BCUT2D eigenvalue weighted by molar-refractivity contribution is 5.33. The topological polar surface area (TPSA) is 69.9 Å². The third kappa shape index (κ3) is 7.71. The lowest BCUT2D eigenvalue weighted by Crippen LogP contribution is -2.18. The molecule has 0 amide bonds. The van der Waals surface area contributed by atoms with E-state index in [4.69, 9.17) is 4.74 Å². The molecule has 0 spiro atoms. The van der Waals surface area contributed by atoms with Crippen LogP contribution in [0.25, 0.3) is 0 Å². The molecular weight excluding hydrogens is 340 g/mol. The van der Waals surface area contributed by atoms with Gasteiger partial charge in [0.15, 0.2) is 0 Å². The van der Waals surface area contributed by atoms with Gasteiger partial charge in [0.2, 0.25) is 0 Å². The molecule has 2 aromatic rings. The SMILES string of the molecule is CC(C)(O)CCCCOc1ccc(CCc2ccc(CO)c(CO)c2)cc1. The number of rotatable bonds is 11. The summed E-state index contributed by atoms with van der Waals surface area (Å²) in [4.78, 5) is 0. The third-order valence-electron chi connectivity index (χ3n) is 4.69. The van der Waals surface area contributed by atoms with Crippen LogP contribution in [-0.4, -0.2) is 27.5 Å². The maximum absolute atomic E-state index is 9.69. The van der Waals surface area contributed by atoms with Crippen LogP contribution in [-0.2, 0) is 26.1 Å². The molecule has 0 aliphatic heterocycles. The number of benzene rings is 2. The molecule has 4 nitrogen and oxygen atoms in total. The van der Waals surface area contributed by atoms with Crippen molar-refractivity contribution in [2.24, 2.45) is 0 Å². The molecule has 0 aliphatic carbocycles. The average molecular weight is 373 g/mol. The van der Waals surface area contributed by atoms with Crippen molar-refractivity contribution < 1.29 is 20.1 Å². The van der Waals surface area contributed by atoms with Gasteiger partial charge in [-0.05, 0) is 80.3 Å². The van der Waals surface area contributed by atoms with Gasteiger partial charge in [-0.25, -0.2) is 0 Å². The van der Waals surface area contributed by atoms with Crippen molar-refractivity contribution in [3.05, 3.63) is 64.7 Å². The van der Waals surface area contributed by atoms with Crippen LogP contribution < -0.4 is 4.74 Å². The Bertz CT molecular complexity index is 687. The summed E-state index contributed by atoms with van der Waals surface area (Å²) in [6.07, 6.45) is 4.47. The Morgan fingerprint density at radius 1 is 0.815 bits per heavy atom. The van der Waals surface area contributed by atoms with Crippen LogP contribution in [0.3, 0.4) is 0 Å². The number of aliphatic hydroxyl groups excluding tert-OH is 2. The van der Waals surface area contributed by atoms with Gasteiger partial charge in [-0.2, -0.15) is 0 Å². The van der Waals surface area contributed by atoms with Gasteiger partial charge in [0, 0.05) is 0 Å². The molecule has 2 rings (SSSR count). The van der Waals surface area contributed by atoms with Crippen LogP contribution in [0.4, 0.5) is 0 Å². The smallest absolute Gasteiger partial charge is 0.119 e. The Morgan fingerprint density at radius 2 is 1.44 bits per heavy atom. The van der Waals surface area contributed by atoms with Gasteiger partial charge in [0.1, 0.15) is 5.75 Å². The molecule has 27 heavy (non-hydrogen) atoms. The summed E-state index contributed by atoms with van der Waals surface area (Å²) >= 11 is 0. The summed E-state index contributed by atoms with van der Waals surface area (Å²) in [5, 5.41) is 28.4. The molecule has 0 aliphatic rings. The van der Waals surface area contributed by atoms with E-state index in [1.165, 1.54) is 5.56 Å². The fourth-order valence-electron chi connectivity index (χ4n) is 3.03. The van der Waals surface area contributed by atoms with Crippen LogP contribution in [0.2, 0.25) is 0 Å². The minimum absolute atomic E-state index is 0.0462. The fraction of sp³-hybridized carbons (Fsp3) is 0.478. The first kappa shape index (κ1) is 21.4. The summed E-state index contributed by atoms with van der Waals surface area (Å²) in [6.45, 7) is 4.23. The van der Waals surface area contributed by atoms with Crippen LogP contribution in [0.5, 0.6) is 5.75 Å². The highest BCUT2D eigenvalue weighted by Crippen LogP contribution is 2.18. The normalized spacial score (nSPS) is 11.6. The Morgan fingerprint density at radius 3 is 2.07 bits per heavy atom. The monoisotopic (exact) mass is 372 g/mol. The molecule has 0 saturated heterocycles. The van der Waals surface area contributed by atoms with Crippen molar-refractivity contribution in [2.75, 3.05) is 6.61 Å². The molecule has 148 valence electrons. The van der Waals surface area contributed by atoms with E-state index < -0.39 is 5.60 Å². The zero-order valence-electron chi connectivity index (χ0n) is 16.4. The lowest BCUT2D eigenvalue weighted by atomic mass is 10.00. The van der Waals surface area contributed by atoms with Gasteiger partial charge in [0.25, 0.3) is 0 Å². The molecular formula is C23H32O4. The Hall–Kier alpha value is -1.88. The molecule has 2 aromatic carbocycles. The van der Waals surface area contributed by atoms with E-state index in [1.54, 1.807) is 0 Å². The Balaban J connectivity index is 1.77.